The molecule has 0 spiro atoms. The fourth-order valence-corrected chi connectivity index (χ4v) is 1.85. The molecule has 0 aliphatic rings. The van der Waals surface area contributed by atoms with Crippen molar-refractivity contribution in [1.82, 2.24) is 9.97 Å². The van der Waals surface area contributed by atoms with Crippen LogP contribution in [-0.2, 0) is 0 Å². The van der Waals surface area contributed by atoms with E-state index in [-0.39, 0.29) is 21.4 Å². The number of carbonyl (C=O) groups excluding carboxylic acids is 1. The summed E-state index contributed by atoms with van der Waals surface area (Å²) in [5.41, 5.74) is 7.26. The van der Waals surface area contributed by atoms with E-state index in [0.29, 0.717) is 5.69 Å². The van der Waals surface area contributed by atoms with E-state index in [1.54, 1.807) is 6.92 Å². The van der Waals surface area contributed by atoms with E-state index in [1.807, 2.05) is 0 Å². The Morgan fingerprint density at radius 2 is 1.84 bits per heavy atom. The summed E-state index contributed by atoms with van der Waals surface area (Å²) in [6.07, 6.45) is 2.91. The predicted molar refractivity (Wildman–Crippen MR) is 75.6 cm³/mol. The first kappa shape index (κ1) is 13.6. The third kappa shape index (κ3) is 3.13. The van der Waals surface area contributed by atoms with Crippen LogP contribution in [0.3, 0.4) is 0 Å². The molecule has 1 amide bonds. The summed E-state index contributed by atoms with van der Waals surface area (Å²) in [7, 11) is 0. The van der Waals surface area contributed by atoms with E-state index in [2.05, 4.69) is 15.3 Å². The number of amides is 1. The number of halogens is 2. The number of nitrogens with one attached hydrogen (secondary N) is 1. The minimum Gasteiger partial charge on any atom is -0.396 e. The fourth-order valence-electron chi connectivity index (χ4n) is 1.36. The summed E-state index contributed by atoms with van der Waals surface area (Å²) < 4.78 is 0. The van der Waals surface area contributed by atoms with Gasteiger partial charge in [-0.05, 0) is 19.1 Å². The zero-order valence-electron chi connectivity index (χ0n) is 9.95. The minimum absolute atomic E-state index is 0.203. The lowest BCUT2D eigenvalue weighted by Gasteiger charge is -2.08. The second kappa shape index (κ2) is 5.42. The highest BCUT2D eigenvalue weighted by Crippen LogP contribution is 2.31. The molecule has 3 N–H and O–H groups in total. The monoisotopic (exact) mass is 296 g/mol. The summed E-state index contributed by atoms with van der Waals surface area (Å²) in [5, 5.41) is 3.17. The first-order chi connectivity index (χ1) is 8.97. The Morgan fingerprint density at radius 1 is 1.21 bits per heavy atom. The lowest BCUT2D eigenvalue weighted by molar-refractivity contribution is 0.102. The molecule has 0 radical (unpaired) electrons. The standard InChI is InChI=1S/C12H10Cl2N4O/c1-6-4-17-10(5-16-6)12(19)18-7-2-8(13)11(15)9(14)3-7/h2-5H,15H2,1H3,(H,18,19). The third-order valence-electron chi connectivity index (χ3n) is 2.35. The van der Waals surface area contributed by atoms with Gasteiger partial charge in [0, 0.05) is 11.9 Å². The molecule has 1 heterocycles. The Labute approximate surface area is 119 Å². The lowest BCUT2D eigenvalue weighted by Crippen LogP contribution is -2.14. The van der Waals surface area contributed by atoms with Crippen molar-refractivity contribution in [2.75, 3.05) is 11.1 Å². The van der Waals surface area contributed by atoms with Crippen molar-refractivity contribution >= 4 is 40.5 Å². The first-order valence-corrected chi connectivity index (χ1v) is 6.07. The summed E-state index contributed by atoms with van der Waals surface area (Å²) in [6.45, 7) is 1.79. The Morgan fingerprint density at radius 3 is 2.37 bits per heavy atom. The van der Waals surface area contributed by atoms with E-state index >= 15 is 0 Å². The van der Waals surface area contributed by atoms with Crippen molar-refractivity contribution in [3.05, 3.63) is 46.0 Å². The maximum atomic E-state index is 11.9. The summed E-state index contributed by atoms with van der Waals surface area (Å²) in [5.74, 6) is -0.399. The van der Waals surface area contributed by atoms with Gasteiger partial charge < -0.3 is 11.1 Å². The third-order valence-corrected chi connectivity index (χ3v) is 2.98. The van der Waals surface area contributed by atoms with Crippen LogP contribution in [0.2, 0.25) is 10.0 Å². The molecule has 5 nitrogen and oxygen atoms in total. The highest BCUT2D eigenvalue weighted by Gasteiger charge is 2.10. The van der Waals surface area contributed by atoms with Crippen LogP contribution in [0.15, 0.2) is 24.5 Å². The van der Waals surface area contributed by atoms with Crippen LogP contribution in [-0.4, -0.2) is 15.9 Å². The number of anilines is 2. The van der Waals surface area contributed by atoms with Gasteiger partial charge in [0.25, 0.3) is 5.91 Å². The van der Waals surface area contributed by atoms with Crippen molar-refractivity contribution in [2.45, 2.75) is 6.92 Å². The molecule has 0 aliphatic carbocycles. The van der Waals surface area contributed by atoms with Gasteiger partial charge >= 0.3 is 0 Å². The summed E-state index contributed by atoms with van der Waals surface area (Å²) in [4.78, 5) is 19.9. The molecule has 1 aromatic carbocycles. The number of benzene rings is 1. The molecule has 98 valence electrons. The molecule has 0 aliphatic heterocycles. The molecule has 1 aromatic heterocycles. The van der Waals surface area contributed by atoms with Crippen LogP contribution in [0, 0.1) is 6.92 Å². The number of hydrogen-bond donors (Lipinski definition) is 2. The quantitative estimate of drug-likeness (QED) is 0.835. The fraction of sp³-hybridized carbons (Fsp3) is 0.0833. The number of nitrogen functional groups attached to an aromatic ring is 1. The zero-order chi connectivity index (χ0) is 14.0. The highest BCUT2D eigenvalue weighted by atomic mass is 35.5. The van der Waals surface area contributed by atoms with Crippen LogP contribution < -0.4 is 11.1 Å². The van der Waals surface area contributed by atoms with E-state index in [9.17, 15) is 4.79 Å². The molecule has 0 saturated carbocycles. The number of nitrogens with two attached hydrogens (primary N) is 1. The number of aromatic nitrogens is 2. The second-order valence-electron chi connectivity index (χ2n) is 3.85. The van der Waals surface area contributed by atoms with Gasteiger partial charge in [0.2, 0.25) is 0 Å². The summed E-state index contributed by atoms with van der Waals surface area (Å²) in [6, 6.07) is 3.03. The Balaban J connectivity index is 2.22. The van der Waals surface area contributed by atoms with Gasteiger partial charge in [-0.1, -0.05) is 23.2 Å². The Bertz CT molecular complexity index is 605. The summed E-state index contributed by atoms with van der Waals surface area (Å²) >= 11 is 11.8. The average molecular weight is 297 g/mol. The Kier molecular flexibility index (Phi) is 3.87. The predicted octanol–water partition coefficient (Wildman–Crippen LogP) is 2.93. The molecule has 0 fully saturated rings. The van der Waals surface area contributed by atoms with Gasteiger partial charge in [0.05, 0.1) is 27.6 Å². The van der Waals surface area contributed by atoms with Crippen molar-refractivity contribution in [1.29, 1.82) is 0 Å². The van der Waals surface area contributed by atoms with Crippen LogP contribution in [0.5, 0.6) is 0 Å². The maximum Gasteiger partial charge on any atom is 0.275 e. The van der Waals surface area contributed by atoms with Crippen molar-refractivity contribution < 1.29 is 4.79 Å². The van der Waals surface area contributed by atoms with Gasteiger partial charge in [-0.3, -0.25) is 9.78 Å². The minimum atomic E-state index is -0.399. The molecule has 0 unspecified atom stereocenters. The normalized spacial score (nSPS) is 10.3. The molecule has 7 heteroatoms. The van der Waals surface area contributed by atoms with Crippen LogP contribution in [0.1, 0.15) is 16.2 Å². The number of nitrogens with zero attached hydrogens (tertiary/aromatic N) is 2. The highest BCUT2D eigenvalue weighted by molar-refractivity contribution is 6.39. The molecular formula is C12H10Cl2N4O. The van der Waals surface area contributed by atoms with Gasteiger partial charge in [-0.25, -0.2) is 4.98 Å². The van der Waals surface area contributed by atoms with Crippen molar-refractivity contribution in [3.63, 3.8) is 0 Å². The zero-order valence-corrected chi connectivity index (χ0v) is 11.5. The van der Waals surface area contributed by atoms with E-state index in [0.717, 1.165) is 5.69 Å². The average Bonchev–Trinajstić information content (AvgIpc) is 2.36. The van der Waals surface area contributed by atoms with Crippen molar-refractivity contribution in [2.24, 2.45) is 0 Å². The van der Waals surface area contributed by atoms with E-state index in [4.69, 9.17) is 28.9 Å². The number of hydrogen-bond acceptors (Lipinski definition) is 4. The number of carbonyl (C=O) groups is 1. The first-order valence-electron chi connectivity index (χ1n) is 5.32. The molecule has 0 saturated heterocycles. The van der Waals surface area contributed by atoms with E-state index < -0.39 is 5.91 Å². The van der Waals surface area contributed by atoms with Gasteiger partial charge in [-0.2, -0.15) is 0 Å². The smallest absolute Gasteiger partial charge is 0.275 e. The van der Waals surface area contributed by atoms with Crippen LogP contribution in [0.4, 0.5) is 11.4 Å². The van der Waals surface area contributed by atoms with Crippen LogP contribution >= 0.6 is 23.2 Å². The van der Waals surface area contributed by atoms with Crippen molar-refractivity contribution in [3.8, 4) is 0 Å². The van der Waals surface area contributed by atoms with Gasteiger partial charge in [-0.15, -0.1) is 0 Å². The largest absolute Gasteiger partial charge is 0.396 e. The number of rotatable bonds is 2. The molecule has 0 atom stereocenters. The maximum absolute atomic E-state index is 11.9. The SMILES string of the molecule is Cc1cnc(C(=O)Nc2cc(Cl)c(N)c(Cl)c2)cn1. The topological polar surface area (TPSA) is 80.9 Å². The Hall–Kier alpha value is -1.85. The van der Waals surface area contributed by atoms with Crippen LogP contribution in [0.25, 0.3) is 0 Å². The molecule has 19 heavy (non-hydrogen) atoms. The lowest BCUT2D eigenvalue weighted by atomic mass is 10.2. The van der Waals surface area contributed by atoms with Gasteiger partial charge in [0.15, 0.2) is 0 Å². The molecule has 2 rings (SSSR count). The van der Waals surface area contributed by atoms with E-state index in [1.165, 1.54) is 24.5 Å². The number of aryl methyl sites for hydroxylation is 1. The van der Waals surface area contributed by atoms with Gasteiger partial charge in [0.1, 0.15) is 5.69 Å². The second-order valence-corrected chi connectivity index (χ2v) is 4.67. The molecular weight excluding hydrogens is 287 g/mol. The molecule has 2 aromatic rings. The molecule has 0 bridgehead atoms.